The van der Waals surface area contributed by atoms with Crippen LogP contribution in [0.25, 0.3) is 0 Å². The van der Waals surface area contributed by atoms with Crippen molar-refractivity contribution in [2.75, 3.05) is 32.7 Å². The summed E-state index contributed by atoms with van der Waals surface area (Å²) in [5.41, 5.74) is 1.56. The fraction of sp³-hybridized carbons (Fsp3) is 0.692. The van der Waals surface area contributed by atoms with Crippen LogP contribution in [-0.4, -0.2) is 37.6 Å². The highest BCUT2D eigenvalue weighted by Crippen LogP contribution is 2.08. The van der Waals surface area contributed by atoms with Gasteiger partial charge in [0.25, 0.3) is 0 Å². The molecule has 0 bridgehead atoms. The summed E-state index contributed by atoms with van der Waals surface area (Å²) >= 11 is 0. The van der Waals surface area contributed by atoms with E-state index in [1.54, 1.807) is 5.57 Å². The van der Waals surface area contributed by atoms with E-state index in [0.29, 0.717) is 0 Å². The first-order valence-corrected chi connectivity index (χ1v) is 6.10. The van der Waals surface area contributed by atoms with Crippen molar-refractivity contribution in [3.05, 3.63) is 23.8 Å². The minimum Gasteiger partial charge on any atom is -0.314 e. The molecule has 86 valence electrons. The first kappa shape index (κ1) is 12.5. The van der Waals surface area contributed by atoms with Crippen molar-refractivity contribution >= 4 is 0 Å². The molecule has 0 radical (unpaired) electrons. The van der Waals surface area contributed by atoms with Gasteiger partial charge in [0, 0.05) is 32.7 Å². The van der Waals surface area contributed by atoms with Gasteiger partial charge in [-0.1, -0.05) is 30.7 Å². The lowest BCUT2D eigenvalue weighted by molar-refractivity contribution is 0.243. The van der Waals surface area contributed by atoms with Gasteiger partial charge in [0.05, 0.1) is 0 Å². The second-order valence-corrected chi connectivity index (χ2v) is 4.05. The fourth-order valence-electron chi connectivity index (χ4n) is 1.85. The number of hydrogen-bond donors (Lipinski definition) is 1. The van der Waals surface area contributed by atoms with Crippen molar-refractivity contribution in [2.45, 2.75) is 26.7 Å². The third-order valence-electron chi connectivity index (χ3n) is 2.94. The molecule has 1 N–H and O–H groups in total. The molecular formula is C13H24N2. The molecule has 0 aromatic carbocycles. The van der Waals surface area contributed by atoms with E-state index in [0.717, 1.165) is 13.1 Å². The van der Waals surface area contributed by atoms with Crippen LogP contribution in [-0.2, 0) is 0 Å². The maximum absolute atomic E-state index is 3.38. The molecule has 1 fully saturated rings. The Morgan fingerprint density at radius 3 is 2.67 bits per heavy atom. The Morgan fingerprint density at radius 1 is 1.33 bits per heavy atom. The third-order valence-corrected chi connectivity index (χ3v) is 2.94. The predicted octanol–water partition coefficient (Wildman–Crippen LogP) is 2.19. The van der Waals surface area contributed by atoms with Crippen LogP contribution in [0.5, 0.6) is 0 Å². The molecular weight excluding hydrogens is 184 g/mol. The summed E-state index contributed by atoms with van der Waals surface area (Å²) in [6.45, 7) is 10.3. The van der Waals surface area contributed by atoms with Crippen LogP contribution in [0.1, 0.15) is 26.7 Å². The largest absolute Gasteiger partial charge is 0.314 e. The van der Waals surface area contributed by atoms with E-state index in [2.05, 4.69) is 42.3 Å². The maximum Gasteiger partial charge on any atom is 0.0107 e. The number of hydrogen-bond acceptors (Lipinski definition) is 2. The minimum atomic E-state index is 1.15. The van der Waals surface area contributed by atoms with Crippen molar-refractivity contribution in [1.82, 2.24) is 10.2 Å². The average molecular weight is 208 g/mol. The number of nitrogens with one attached hydrogen (secondary N) is 1. The van der Waals surface area contributed by atoms with Crippen LogP contribution in [0.15, 0.2) is 23.8 Å². The molecule has 0 aliphatic carbocycles. The van der Waals surface area contributed by atoms with E-state index in [9.17, 15) is 0 Å². The molecule has 0 amide bonds. The monoisotopic (exact) mass is 208 g/mol. The smallest absolute Gasteiger partial charge is 0.0107 e. The molecule has 0 unspecified atom stereocenters. The van der Waals surface area contributed by atoms with Gasteiger partial charge in [0.1, 0.15) is 0 Å². The van der Waals surface area contributed by atoms with Crippen LogP contribution in [0.4, 0.5) is 0 Å². The number of allylic oxidation sites excluding steroid dienone is 3. The molecule has 0 aromatic heterocycles. The van der Waals surface area contributed by atoms with E-state index in [4.69, 9.17) is 0 Å². The molecule has 1 saturated heterocycles. The van der Waals surface area contributed by atoms with E-state index < -0.39 is 0 Å². The fourth-order valence-corrected chi connectivity index (χ4v) is 1.85. The van der Waals surface area contributed by atoms with Gasteiger partial charge in [-0.25, -0.2) is 0 Å². The van der Waals surface area contributed by atoms with Gasteiger partial charge in [0.15, 0.2) is 0 Å². The second kappa shape index (κ2) is 7.66. The summed E-state index contributed by atoms with van der Waals surface area (Å²) in [7, 11) is 0. The van der Waals surface area contributed by atoms with Gasteiger partial charge in [-0.3, -0.25) is 0 Å². The molecule has 1 aliphatic heterocycles. The van der Waals surface area contributed by atoms with Crippen molar-refractivity contribution in [1.29, 1.82) is 0 Å². The Morgan fingerprint density at radius 2 is 2.07 bits per heavy atom. The number of nitrogens with zero attached hydrogens (tertiary/aromatic N) is 1. The Balaban J connectivity index is 2.26. The molecule has 0 saturated carbocycles. The van der Waals surface area contributed by atoms with Crippen LogP contribution in [0.2, 0.25) is 0 Å². The van der Waals surface area contributed by atoms with Crippen LogP contribution in [0, 0.1) is 0 Å². The Kier molecular flexibility index (Phi) is 6.37. The maximum atomic E-state index is 3.38. The highest BCUT2D eigenvalue weighted by molar-refractivity contribution is 5.11. The van der Waals surface area contributed by atoms with Gasteiger partial charge in [0.2, 0.25) is 0 Å². The zero-order valence-corrected chi connectivity index (χ0v) is 10.1. The highest BCUT2D eigenvalue weighted by atomic mass is 15.2. The number of piperazine rings is 1. The van der Waals surface area contributed by atoms with Crippen molar-refractivity contribution in [2.24, 2.45) is 0 Å². The molecule has 1 heterocycles. The zero-order chi connectivity index (χ0) is 10.9. The molecule has 0 spiro atoms. The SMILES string of the molecule is C/C=C\C=C(/CC)CCN1CCNCC1. The number of rotatable bonds is 5. The summed E-state index contributed by atoms with van der Waals surface area (Å²) < 4.78 is 0. The average Bonchev–Trinajstić information content (AvgIpc) is 2.31. The summed E-state index contributed by atoms with van der Waals surface area (Å²) in [4.78, 5) is 2.55. The Bertz CT molecular complexity index is 213. The minimum absolute atomic E-state index is 1.15. The van der Waals surface area contributed by atoms with Gasteiger partial charge in [-0.15, -0.1) is 0 Å². The van der Waals surface area contributed by atoms with E-state index in [-0.39, 0.29) is 0 Å². The third kappa shape index (κ3) is 5.14. The van der Waals surface area contributed by atoms with Gasteiger partial charge in [-0.05, 0) is 19.8 Å². The molecule has 1 rings (SSSR count). The molecule has 0 atom stereocenters. The second-order valence-electron chi connectivity index (χ2n) is 4.05. The summed E-state index contributed by atoms with van der Waals surface area (Å²) in [6.07, 6.45) is 8.91. The quantitative estimate of drug-likeness (QED) is 0.697. The van der Waals surface area contributed by atoms with E-state index in [1.807, 2.05) is 0 Å². The Labute approximate surface area is 94.0 Å². The molecule has 15 heavy (non-hydrogen) atoms. The van der Waals surface area contributed by atoms with Crippen LogP contribution >= 0.6 is 0 Å². The van der Waals surface area contributed by atoms with Gasteiger partial charge in [-0.2, -0.15) is 0 Å². The molecule has 1 aliphatic rings. The van der Waals surface area contributed by atoms with Gasteiger partial charge >= 0.3 is 0 Å². The first-order chi connectivity index (χ1) is 7.36. The van der Waals surface area contributed by atoms with Crippen molar-refractivity contribution < 1.29 is 0 Å². The zero-order valence-electron chi connectivity index (χ0n) is 10.1. The van der Waals surface area contributed by atoms with Crippen molar-refractivity contribution in [3.63, 3.8) is 0 Å². The standard InChI is InChI=1S/C13H24N2/c1-3-5-6-13(4-2)7-10-15-11-8-14-9-12-15/h3,5-6,14H,4,7-12H2,1-2H3/b5-3-,13-6+. The summed E-state index contributed by atoms with van der Waals surface area (Å²) in [6, 6.07) is 0. The van der Waals surface area contributed by atoms with Crippen molar-refractivity contribution in [3.8, 4) is 0 Å². The lowest BCUT2D eigenvalue weighted by Gasteiger charge is -2.27. The summed E-state index contributed by atoms with van der Waals surface area (Å²) in [5, 5.41) is 3.38. The molecule has 2 heteroatoms. The summed E-state index contributed by atoms with van der Waals surface area (Å²) in [5.74, 6) is 0. The molecule has 2 nitrogen and oxygen atoms in total. The van der Waals surface area contributed by atoms with Gasteiger partial charge < -0.3 is 10.2 Å². The lowest BCUT2D eigenvalue weighted by Crippen LogP contribution is -2.43. The van der Waals surface area contributed by atoms with Crippen LogP contribution in [0.3, 0.4) is 0 Å². The first-order valence-electron chi connectivity index (χ1n) is 6.10. The van der Waals surface area contributed by atoms with E-state index in [1.165, 1.54) is 32.5 Å². The predicted molar refractivity (Wildman–Crippen MR) is 67.1 cm³/mol. The molecule has 0 aromatic rings. The van der Waals surface area contributed by atoms with Crippen LogP contribution < -0.4 is 5.32 Å². The topological polar surface area (TPSA) is 15.3 Å². The highest BCUT2D eigenvalue weighted by Gasteiger charge is 2.08. The lowest BCUT2D eigenvalue weighted by atomic mass is 10.1. The van der Waals surface area contributed by atoms with E-state index >= 15 is 0 Å². The Hall–Kier alpha value is -0.600. The normalized spacial score (nSPS) is 20.0.